The summed E-state index contributed by atoms with van der Waals surface area (Å²) in [5.41, 5.74) is 1.44. The number of carbonyl (C=O) groups excluding carboxylic acids is 2. The van der Waals surface area contributed by atoms with Gasteiger partial charge in [0.15, 0.2) is 5.82 Å². The summed E-state index contributed by atoms with van der Waals surface area (Å²) < 4.78 is 14.1. The number of H-pyrrole nitrogens is 1. The molecule has 1 fully saturated rings. The fourth-order valence-electron chi connectivity index (χ4n) is 3.13. The van der Waals surface area contributed by atoms with Crippen LogP contribution in [0, 0.1) is 11.7 Å². The van der Waals surface area contributed by atoms with Crippen molar-refractivity contribution in [2.24, 2.45) is 5.92 Å². The van der Waals surface area contributed by atoms with Gasteiger partial charge in [-0.25, -0.2) is 4.39 Å². The number of nitrogens with zero attached hydrogens (tertiary/aromatic N) is 3. The number of rotatable bonds is 4. The minimum absolute atomic E-state index is 0.0744. The van der Waals surface area contributed by atoms with Crippen molar-refractivity contribution < 1.29 is 14.0 Å². The van der Waals surface area contributed by atoms with Crippen molar-refractivity contribution >= 4 is 28.5 Å². The Labute approximate surface area is 148 Å². The summed E-state index contributed by atoms with van der Waals surface area (Å²) in [7, 11) is 0. The molecule has 2 N–H and O–H groups in total. The topological polar surface area (TPSA) is 91.0 Å². The van der Waals surface area contributed by atoms with Gasteiger partial charge in [0.2, 0.25) is 11.8 Å². The lowest BCUT2D eigenvalue weighted by atomic mass is 10.1. The number of halogens is 1. The molecule has 132 valence electrons. The Kier molecular flexibility index (Phi) is 4.08. The van der Waals surface area contributed by atoms with Crippen molar-refractivity contribution in [3.63, 3.8) is 0 Å². The quantitative estimate of drug-likeness (QED) is 0.748. The second-order valence-corrected chi connectivity index (χ2v) is 6.19. The number of aromatic amines is 1. The van der Waals surface area contributed by atoms with E-state index in [0.717, 1.165) is 5.56 Å². The third-order valence-corrected chi connectivity index (χ3v) is 4.49. The summed E-state index contributed by atoms with van der Waals surface area (Å²) in [6, 6.07) is 8.20. The van der Waals surface area contributed by atoms with Crippen LogP contribution in [-0.2, 0) is 16.1 Å². The van der Waals surface area contributed by atoms with Crippen LogP contribution in [0.3, 0.4) is 0 Å². The minimum Gasteiger partial charge on any atom is -0.352 e. The van der Waals surface area contributed by atoms with Crippen LogP contribution >= 0.6 is 0 Å². The number of pyridine rings is 1. The van der Waals surface area contributed by atoms with Crippen molar-refractivity contribution in [3.05, 3.63) is 54.1 Å². The lowest BCUT2D eigenvalue weighted by Gasteiger charge is -2.14. The highest BCUT2D eigenvalue weighted by molar-refractivity contribution is 6.05. The van der Waals surface area contributed by atoms with Crippen LogP contribution in [0.25, 0.3) is 10.9 Å². The number of benzene rings is 1. The zero-order valence-electron chi connectivity index (χ0n) is 13.8. The first-order chi connectivity index (χ1) is 12.6. The lowest BCUT2D eigenvalue weighted by molar-refractivity contribution is -0.126. The third-order valence-electron chi connectivity index (χ3n) is 4.49. The van der Waals surface area contributed by atoms with Crippen molar-refractivity contribution in [2.75, 3.05) is 11.4 Å². The first kappa shape index (κ1) is 16.2. The van der Waals surface area contributed by atoms with Crippen LogP contribution in [0.5, 0.6) is 0 Å². The molecule has 2 amide bonds. The maximum absolute atomic E-state index is 14.1. The number of amides is 2. The minimum atomic E-state index is -0.497. The molecule has 1 unspecified atom stereocenters. The summed E-state index contributed by atoms with van der Waals surface area (Å²) in [4.78, 5) is 30.1. The summed E-state index contributed by atoms with van der Waals surface area (Å²) in [6.45, 7) is 0.543. The van der Waals surface area contributed by atoms with Crippen LogP contribution < -0.4 is 10.2 Å². The normalized spacial score (nSPS) is 17.0. The van der Waals surface area contributed by atoms with E-state index in [1.807, 2.05) is 12.1 Å². The van der Waals surface area contributed by atoms with E-state index in [-0.39, 0.29) is 36.0 Å². The van der Waals surface area contributed by atoms with Gasteiger partial charge in [-0.3, -0.25) is 24.6 Å². The molecule has 0 bridgehead atoms. The fraction of sp³-hybridized carbons (Fsp3) is 0.222. The predicted octanol–water partition coefficient (Wildman–Crippen LogP) is 1.77. The first-order valence-electron chi connectivity index (χ1n) is 8.23. The summed E-state index contributed by atoms with van der Waals surface area (Å²) in [6.07, 6.45) is 3.38. The summed E-state index contributed by atoms with van der Waals surface area (Å²) in [5, 5.41) is 9.89. The second kappa shape index (κ2) is 6.55. The van der Waals surface area contributed by atoms with Gasteiger partial charge in [-0.05, 0) is 29.8 Å². The highest BCUT2D eigenvalue weighted by Crippen LogP contribution is 2.31. The zero-order valence-corrected chi connectivity index (χ0v) is 13.8. The van der Waals surface area contributed by atoms with E-state index in [9.17, 15) is 14.0 Å². The Hall–Kier alpha value is -3.29. The molecule has 8 heteroatoms. The average molecular weight is 353 g/mol. The molecule has 1 aliphatic heterocycles. The first-order valence-corrected chi connectivity index (χ1v) is 8.23. The van der Waals surface area contributed by atoms with E-state index in [0.29, 0.717) is 12.1 Å². The lowest BCUT2D eigenvalue weighted by Crippen LogP contribution is -2.32. The van der Waals surface area contributed by atoms with Crippen LogP contribution in [0.4, 0.5) is 10.2 Å². The maximum Gasteiger partial charge on any atom is 0.229 e. The van der Waals surface area contributed by atoms with E-state index < -0.39 is 11.7 Å². The Balaban J connectivity index is 1.49. The molecule has 1 atom stereocenters. The molecule has 1 saturated heterocycles. The van der Waals surface area contributed by atoms with Crippen LogP contribution in [0.2, 0.25) is 0 Å². The second-order valence-electron chi connectivity index (χ2n) is 6.19. The monoisotopic (exact) mass is 353 g/mol. The van der Waals surface area contributed by atoms with Crippen molar-refractivity contribution in [1.29, 1.82) is 0 Å². The summed E-state index contributed by atoms with van der Waals surface area (Å²) in [5.74, 6) is -1.18. The van der Waals surface area contributed by atoms with Crippen molar-refractivity contribution in [3.8, 4) is 0 Å². The van der Waals surface area contributed by atoms with Gasteiger partial charge in [0.1, 0.15) is 5.82 Å². The Morgan fingerprint density at radius 2 is 2.12 bits per heavy atom. The standard InChI is InChI=1S/C18H16FN5O2/c19-13-2-1-3-14-16(13)17(23-22-14)24-10-12(8-15(24)25)18(26)21-9-11-4-6-20-7-5-11/h1-7,12H,8-10H2,(H,21,26)(H,22,23). The van der Waals surface area contributed by atoms with Crippen LogP contribution in [0.15, 0.2) is 42.7 Å². The van der Waals surface area contributed by atoms with E-state index in [1.165, 1.54) is 11.0 Å². The molecule has 0 radical (unpaired) electrons. The molecule has 3 heterocycles. The molecule has 4 rings (SSSR count). The number of anilines is 1. The molecule has 2 aromatic heterocycles. The van der Waals surface area contributed by atoms with E-state index in [2.05, 4.69) is 20.5 Å². The van der Waals surface area contributed by atoms with Crippen molar-refractivity contribution in [2.45, 2.75) is 13.0 Å². The number of hydrogen-bond acceptors (Lipinski definition) is 4. The maximum atomic E-state index is 14.1. The highest BCUT2D eigenvalue weighted by atomic mass is 19.1. The number of aromatic nitrogens is 3. The molecule has 0 saturated carbocycles. The molecular formula is C18H16FN5O2. The van der Waals surface area contributed by atoms with Gasteiger partial charge in [0, 0.05) is 31.9 Å². The Morgan fingerprint density at radius 1 is 1.31 bits per heavy atom. The van der Waals surface area contributed by atoms with E-state index in [1.54, 1.807) is 24.5 Å². The van der Waals surface area contributed by atoms with E-state index in [4.69, 9.17) is 0 Å². The summed E-state index contributed by atoms with van der Waals surface area (Å²) >= 11 is 0. The van der Waals surface area contributed by atoms with Gasteiger partial charge in [-0.2, -0.15) is 5.10 Å². The fourth-order valence-corrected chi connectivity index (χ4v) is 3.13. The molecule has 3 aromatic rings. The third kappa shape index (κ3) is 2.90. The van der Waals surface area contributed by atoms with Crippen LogP contribution in [0.1, 0.15) is 12.0 Å². The van der Waals surface area contributed by atoms with Gasteiger partial charge in [0.25, 0.3) is 0 Å². The Bertz CT molecular complexity index is 972. The smallest absolute Gasteiger partial charge is 0.229 e. The molecule has 7 nitrogen and oxygen atoms in total. The van der Waals surface area contributed by atoms with Gasteiger partial charge in [0.05, 0.1) is 16.8 Å². The van der Waals surface area contributed by atoms with Gasteiger partial charge < -0.3 is 5.32 Å². The average Bonchev–Trinajstić information content (AvgIpc) is 3.25. The molecule has 1 aromatic carbocycles. The molecule has 0 spiro atoms. The number of carbonyl (C=O) groups is 2. The zero-order chi connectivity index (χ0) is 18.1. The van der Waals surface area contributed by atoms with Gasteiger partial charge in [-0.15, -0.1) is 0 Å². The molecule has 0 aliphatic carbocycles. The molecule has 1 aliphatic rings. The van der Waals surface area contributed by atoms with Gasteiger partial charge >= 0.3 is 0 Å². The molecular weight excluding hydrogens is 337 g/mol. The van der Waals surface area contributed by atoms with Crippen molar-refractivity contribution in [1.82, 2.24) is 20.5 Å². The van der Waals surface area contributed by atoms with Crippen LogP contribution in [-0.4, -0.2) is 33.5 Å². The molecule has 26 heavy (non-hydrogen) atoms. The largest absolute Gasteiger partial charge is 0.352 e. The number of nitrogens with one attached hydrogen (secondary N) is 2. The van der Waals surface area contributed by atoms with E-state index >= 15 is 0 Å². The highest BCUT2D eigenvalue weighted by Gasteiger charge is 2.37. The number of hydrogen-bond donors (Lipinski definition) is 2. The Morgan fingerprint density at radius 3 is 2.92 bits per heavy atom. The number of fused-ring (bicyclic) bond motifs is 1. The predicted molar refractivity (Wildman–Crippen MR) is 92.6 cm³/mol. The van der Waals surface area contributed by atoms with Gasteiger partial charge in [-0.1, -0.05) is 6.07 Å². The SMILES string of the molecule is O=C(NCc1ccncc1)C1CC(=O)N(c2n[nH]c3cccc(F)c23)C1.